The summed E-state index contributed by atoms with van der Waals surface area (Å²) < 4.78 is 58.4. The number of amides is 1. The third-order valence-corrected chi connectivity index (χ3v) is 5.05. The lowest BCUT2D eigenvalue weighted by Crippen LogP contribution is -2.40. The molecule has 4 aromatic rings. The Morgan fingerprint density at radius 3 is 2.67 bits per heavy atom. The van der Waals surface area contributed by atoms with Crippen LogP contribution in [0, 0.1) is 0 Å². The van der Waals surface area contributed by atoms with Crippen LogP contribution in [-0.4, -0.2) is 43.5 Å². The van der Waals surface area contributed by atoms with Crippen molar-refractivity contribution in [2.45, 2.75) is 18.8 Å². The Labute approximate surface area is 199 Å². The third-order valence-electron chi connectivity index (χ3n) is 5.05. The molecule has 1 saturated heterocycles. The number of carbonyl (C=O) groups is 1. The second kappa shape index (κ2) is 8.74. The van der Waals surface area contributed by atoms with Crippen LogP contribution >= 0.6 is 0 Å². The van der Waals surface area contributed by atoms with E-state index in [1.165, 1.54) is 0 Å². The molecule has 1 amide bonds. The van der Waals surface area contributed by atoms with Gasteiger partial charge in [-0.1, -0.05) is 24.8 Å². The summed E-state index contributed by atoms with van der Waals surface area (Å²) in [6, 6.07) is 14.3. The van der Waals surface area contributed by atoms with Crippen LogP contribution in [0.15, 0.2) is 73.6 Å². The Kier molecular flexibility index (Phi) is 3.92. The van der Waals surface area contributed by atoms with Crippen LogP contribution in [0.3, 0.4) is 0 Å². The molecule has 0 unspecified atom stereocenters. The molecule has 2 N–H and O–H groups in total. The Hall–Kier alpha value is -4.20. The molecule has 33 heavy (non-hydrogen) atoms. The van der Waals surface area contributed by atoms with Gasteiger partial charge in [0, 0.05) is 24.0 Å². The summed E-state index contributed by atoms with van der Waals surface area (Å²) in [5, 5.41) is 4.80. The number of hydrogen-bond donors (Lipinski definition) is 1. The number of hydrogen-bond acceptors (Lipinski definition) is 6. The predicted octanol–water partition coefficient (Wildman–Crippen LogP) is 4.22. The molecule has 2 aromatic carbocycles. The summed E-state index contributed by atoms with van der Waals surface area (Å²) in [5.41, 5.74) is 7.03. The number of fused-ring (bicyclic) bond motifs is 1. The van der Waals surface area contributed by atoms with Gasteiger partial charge >= 0.3 is 0 Å². The first-order valence-electron chi connectivity index (χ1n) is 13.2. The summed E-state index contributed by atoms with van der Waals surface area (Å²) in [4.78, 5) is 21.2. The molecule has 0 aliphatic carbocycles. The van der Waals surface area contributed by atoms with Gasteiger partial charge < -0.3 is 15.4 Å². The van der Waals surface area contributed by atoms with E-state index in [-0.39, 0.29) is 22.5 Å². The summed E-state index contributed by atoms with van der Waals surface area (Å²) in [6.45, 7) is -2.16. The van der Waals surface area contributed by atoms with Gasteiger partial charge in [-0.3, -0.25) is 4.79 Å². The van der Waals surface area contributed by atoms with Crippen LogP contribution < -0.4 is 10.5 Å². The van der Waals surface area contributed by atoms with Crippen molar-refractivity contribution in [3.05, 3.63) is 73.6 Å². The van der Waals surface area contributed by atoms with Crippen molar-refractivity contribution in [1.82, 2.24) is 24.6 Å². The third kappa shape index (κ3) is 4.03. The number of carbonyl (C=O) groups excluding carboxylic acids is 1. The monoisotopic (exact) mass is 446 g/mol. The summed E-state index contributed by atoms with van der Waals surface area (Å²) in [5.74, 6) is 0.221. The minimum absolute atomic E-state index is 0.0355. The molecule has 0 spiro atoms. The Balaban J connectivity index is 1.64. The van der Waals surface area contributed by atoms with E-state index in [1.807, 2.05) is 30.3 Å². The highest BCUT2D eigenvalue weighted by atomic mass is 16.5. The maximum absolute atomic E-state index is 12.6. The molecule has 166 valence electrons. The largest absolute Gasteiger partial charge is 0.457 e. The second-order valence-electron chi connectivity index (χ2n) is 7.14. The minimum atomic E-state index is -2.88. The van der Waals surface area contributed by atoms with Crippen molar-refractivity contribution < 1.29 is 17.8 Å². The van der Waals surface area contributed by atoms with Crippen molar-refractivity contribution in [3.63, 3.8) is 0 Å². The molecule has 3 heterocycles. The SMILES string of the molecule is [2H]C1([2H])CC([2H])([2H])N(C(=O)C=C)C([2H])([2H])[C@@H]1n1nc(-c2ccc(Oc3ccccc3)cc2)c2c(N)ncnc21. The number of nitrogens with two attached hydrogens (primary N) is 1. The number of nitrogen functional groups attached to an aromatic ring is 1. The average molecular weight is 447 g/mol. The molecular weight excluding hydrogens is 416 g/mol. The number of likely N-dealkylation sites (tertiary alicyclic amines) is 1. The number of anilines is 1. The van der Waals surface area contributed by atoms with E-state index < -0.39 is 37.7 Å². The van der Waals surface area contributed by atoms with Crippen LogP contribution in [0.2, 0.25) is 0 Å². The predicted molar refractivity (Wildman–Crippen MR) is 127 cm³/mol. The lowest BCUT2D eigenvalue weighted by molar-refractivity contribution is -0.127. The van der Waals surface area contributed by atoms with Gasteiger partial charge in [0.15, 0.2) is 5.65 Å². The molecule has 1 aliphatic heterocycles. The number of benzene rings is 2. The standard InChI is InChI=1S/C25H24N6O2/c1-2-21(32)30-14-6-7-18(15-30)31-25-22(24(26)27-16-28-25)23(29-31)17-10-12-20(13-11-17)33-19-8-4-3-5-9-19/h2-5,8-13,16,18H,1,6-7,14-15H2,(H2,26,27,28)/t18-/m1/s1/i7D2,14D2,15D2. The molecular formula is C25H24N6O2. The number of para-hydroxylation sites is 1. The first-order valence-corrected chi connectivity index (χ1v) is 10.2. The fourth-order valence-electron chi connectivity index (χ4n) is 3.49. The summed E-state index contributed by atoms with van der Waals surface area (Å²) in [6.07, 6.45) is -1.36. The molecule has 8 heteroatoms. The lowest BCUT2D eigenvalue weighted by Gasteiger charge is -2.32. The quantitative estimate of drug-likeness (QED) is 0.461. The molecule has 1 fully saturated rings. The molecule has 0 radical (unpaired) electrons. The van der Waals surface area contributed by atoms with Crippen molar-refractivity contribution in [1.29, 1.82) is 0 Å². The van der Waals surface area contributed by atoms with Crippen LogP contribution in [0.25, 0.3) is 22.3 Å². The molecule has 1 aliphatic rings. The maximum Gasteiger partial charge on any atom is 0.246 e. The Morgan fingerprint density at radius 1 is 1.15 bits per heavy atom. The van der Waals surface area contributed by atoms with Gasteiger partial charge in [-0.25, -0.2) is 14.6 Å². The minimum Gasteiger partial charge on any atom is -0.457 e. The van der Waals surface area contributed by atoms with E-state index in [0.717, 1.165) is 17.1 Å². The molecule has 1 atom stereocenters. The van der Waals surface area contributed by atoms with Gasteiger partial charge in [0.05, 0.1) is 14.2 Å². The van der Waals surface area contributed by atoms with Gasteiger partial charge in [0.1, 0.15) is 29.3 Å². The highest BCUT2D eigenvalue weighted by Gasteiger charge is 2.28. The number of nitrogens with zero attached hydrogens (tertiary/aromatic N) is 5. The average Bonchev–Trinajstić information content (AvgIpc) is 3.23. The molecule has 0 bridgehead atoms. The highest BCUT2D eigenvalue weighted by Crippen LogP contribution is 2.34. The first-order chi connectivity index (χ1) is 18.4. The normalized spacial score (nSPS) is 23.3. The number of piperidine rings is 1. The van der Waals surface area contributed by atoms with Gasteiger partial charge in [-0.2, -0.15) is 5.10 Å². The van der Waals surface area contributed by atoms with E-state index >= 15 is 0 Å². The topological polar surface area (TPSA) is 99.2 Å². The van der Waals surface area contributed by atoms with E-state index in [9.17, 15) is 4.79 Å². The van der Waals surface area contributed by atoms with Crippen LogP contribution in [-0.2, 0) is 4.79 Å². The van der Waals surface area contributed by atoms with Crippen LogP contribution in [0.4, 0.5) is 5.82 Å². The summed E-state index contributed by atoms with van der Waals surface area (Å²) >= 11 is 0. The van der Waals surface area contributed by atoms with E-state index in [0.29, 0.717) is 22.0 Å². The molecule has 8 nitrogen and oxygen atoms in total. The van der Waals surface area contributed by atoms with E-state index in [4.69, 9.17) is 18.7 Å². The zero-order valence-electron chi connectivity index (χ0n) is 23.5. The van der Waals surface area contributed by atoms with Gasteiger partial charge in [-0.15, -0.1) is 0 Å². The van der Waals surface area contributed by atoms with Crippen molar-refractivity contribution in [2.75, 3.05) is 18.7 Å². The number of rotatable bonds is 5. The van der Waals surface area contributed by atoms with Gasteiger partial charge in [0.25, 0.3) is 0 Å². The number of ether oxygens (including phenoxy) is 1. The zero-order chi connectivity index (χ0) is 28.2. The molecule has 0 saturated carbocycles. The van der Waals surface area contributed by atoms with Crippen molar-refractivity contribution >= 4 is 22.8 Å². The van der Waals surface area contributed by atoms with Gasteiger partial charge in [-0.05, 0) is 55.3 Å². The fourth-order valence-corrected chi connectivity index (χ4v) is 3.49. The molecule has 5 rings (SSSR count). The Morgan fingerprint density at radius 2 is 1.91 bits per heavy atom. The second-order valence-corrected chi connectivity index (χ2v) is 7.14. The Bertz CT molecular complexity index is 1560. The smallest absolute Gasteiger partial charge is 0.246 e. The first kappa shape index (κ1) is 14.8. The molecule has 2 aromatic heterocycles. The van der Waals surface area contributed by atoms with Gasteiger partial charge in [0.2, 0.25) is 5.91 Å². The lowest BCUT2D eigenvalue weighted by atomic mass is 10.1. The van der Waals surface area contributed by atoms with Crippen molar-refractivity contribution in [2.24, 2.45) is 0 Å². The van der Waals surface area contributed by atoms with E-state index in [2.05, 4.69) is 21.6 Å². The maximum atomic E-state index is 12.6. The zero-order valence-corrected chi connectivity index (χ0v) is 17.5. The highest BCUT2D eigenvalue weighted by molar-refractivity contribution is 5.98. The van der Waals surface area contributed by atoms with Crippen LogP contribution in [0.1, 0.15) is 27.1 Å². The number of aromatic nitrogens is 4. The fraction of sp³-hybridized carbons (Fsp3) is 0.200. The van der Waals surface area contributed by atoms with Crippen LogP contribution in [0.5, 0.6) is 11.5 Å². The van der Waals surface area contributed by atoms with E-state index in [1.54, 1.807) is 24.3 Å². The summed E-state index contributed by atoms with van der Waals surface area (Å²) in [7, 11) is 0. The van der Waals surface area contributed by atoms with Crippen molar-refractivity contribution in [3.8, 4) is 22.8 Å².